The monoisotopic (exact) mass is 286 g/mol. The van der Waals surface area contributed by atoms with Gasteiger partial charge in [-0.15, -0.1) is 0 Å². The Balaban J connectivity index is 2.75. The van der Waals surface area contributed by atoms with Crippen molar-refractivity contribution in [1.82, 2.24) is 10.3 Å². The average Bonchev–Trinajstić information content (AvgIpc) is 2.79. The van der Waals surface area contributed by atoms with Gasteiger partial charge in [0.05, 0.1) is 0 Å². The van der Waals surface area contributed by atoms with Crippen LogP contribution in [0.4, 0.5) is 10.9 Å². The third kappa shape index (κ3) is 4.07. The summed E-state index contributed by atoms with van der Waals surface area (Å²) in [5.41, 5.74) is 5.79. The quantitative estimate of drug-likeness (QED) is 0.693. The lowest BCUT2D eigenvalue weighted by atomic mass is 10.2. The second-order valence-corrected chi connectivity index (χ2v) is 5.36. The molecule has 6 nitrogen and oxygen atoms in total. The van der Waals surface area contributed by atoms with Gasteiger partial charge in [-0.2, -0.15) is 0 Å². The first-order chi connectivity index (χ1) is 9.03. The van der Waals surface area contributed by atoms with Crippen LogP contribution in [0.1, 0.15) is 30.4 Å². The van der Waals surface area contributed by atoms with Crippen LogP contribution in [0, 0.1) is 5.92 Å². The van der Waals surface area contributed by atoms with Crippen LogP contribution in [-0.2, 0) is 0 Å². The molecule has 1 atom stereocenters. The lowest BCUT2D eigenvalue weighted by molar-refractivity contribution is 0.0947. The van der Waals surface area contributed by atoms with Gasteiger partial charge in [-0.05, 0) is 19.8 Å². The van der Waals surface area contributed by atoms with Gasteiger partial charge in [0.15, 0.2) is 5.13 Å². The molecule has 1 aromatic rings. The molecular formula is C12H22N4O2S. The number of aliphatic hydroxyl groups is 1. The first-order valence-corrected chi connectivity index (χ1v) is 7.25. The summed E-state index contributed by atoms with van der Waals surface area (Å²) >= 11 is 1.30. The third-order valence-corrected chi connectivity index (χ3v) is 3.94. The number of carbonyl (C=O) groups excluding carboxylic acids is 1. The van der Waals surface area contributed by atoms with E-state index >= 15 is 0 Å². The minimum absolute atomic E-state index is 0.0281. The Bertz CT molecular complexity index is 418. The van der Waals surface area contributed by atoms with Crippen molar-refractivity contribution in [2.45, 2.75) is 20.8 Å². The molecule has 4 N–H and O–H groups in total. The fourth-order valence-electron chi connectivity index (χ4n) is 1.52. The maximum Gasteiger partial charge on any atom is 0.265 e. The second kappa shape index (κ2) is 7.30. The van der Waals surface area contributed by atoms with Crippen molar-refractivity contribution < 1.29 is 9.90 Å². The highest BCUT2D eigenvalue weighted by atomic mass is 32.1. The molecule has 0 saturated carbocycles. The molecule has 0 aliphatic carbocycles. The van der Waals surface area contributed by atoms with Crippen molar-refractivity contribution in [3.8, 4) is 0 Å². The Morgan fingerprint density at radius 3 is 2.68 bits per heavy atom. The highest BCUT2D eigenvalue weighted by Crippen LogP contribution is 2.27. The van der Waals surface area contributed by atoms with Gasteiger partial charge in [-0.3, -0.25) is 4.79 Å². The molecule has 1 heterocycles. The Morgan fingerprint density at radius 1 is 1.53 bits per heavy atom. The van der Waals surface area contributed by atoms with Crippen molar-refractivity contribution >= 4 is 28.2 Å². The number of carbonyl (C=O) groups is 1. The molecule has 1 unspecified atom stereocenters. The molecule has 0 fully saturated rings. The van der Waals surface area contributed by atoms with Gasteiger partial charge >= 0.3 is 0 Å². The predicted molar refractivity (Wildman–Crippen MR) is 78.7 cm³/mol. The van der Waals surface area contributed by atoms with Crippen molar-refractivity contribution in [3.63, 3.8) is 0 Å². The van der Waals surface area contributed by atoms with Crippen LogP contribution in [0.25, 0.3) is 0 Å². The van der Waals surface area contributed by atoms with E-state index in [0.29, 0.717) is 11.4 Å². The molecule has 0 saturated heterocycles. The lowest BCUT2D eigenvalue weighted by Gasteiger charge is -2.16. The molecule has 108 valence electrons. The van der Waals surface area contributed by atoms with Gasteiger partial charge in [-0.25, -0.2) is 4.98 Å². The molecule has 1 rings (SSSR count). The van der Waals surface area contributed by atoms with Crippen molar-refractivity contribution in [2.75, 3.05) is 36.9 Å². The number of anilines is 2. The minimum Gasteiger partial charge on any atom is -0.396 e. The molecule has 19 heavy (non-hydrogen) atoms. The van der Waals surface area contributed by atoms with Crippen molar-refractivity contribution in [2.24, 2.45) is 5.92 Å². The van der Waals surface area contributed by atoms with Crippen LogP contribution in [0.2, 0.25) is 0 Å². The summed E-state index contributed by atoms with van der Waals surface area (Å²) in [6.45, 7) is 8.04. The fraction of sp³-hybridized carbons (Fsp3) is 0.667. The highest BCUT2D eigenvalue weighted by molar-refractivity contribution is 7.18. The zero-order valence-corrected chi connectivity index (χ0v) is 12.5. The summed E-state index contributed by atoms with van der Waals surface area (Å²) < 4.78 is 0. The van der Waals surface area contributed by atoms with Gasteiger partial charge in [0.2, 0.25) is 0 Å². The first kappa shape index (κ1) is 15.7. The smallest absolute Gasteiger partial charge is 0.265 e. The lowest BCUT2D eigenvalue weighted by Crippen LogP contribution is -2.29. The average molecular weight is 286 g/mol. The van der Waals surface area contributed by atoms with E-state index in [9.17, 15) is 4.79 Å². The number of aliphatic hydroxyl groups excluding tert-OH is 1. The van der Waals surface area contributed by atoms with Crippen molar-refractivity contribution in [1.29, 1.82) is 0 Å². The maximum atomic E-state index is 12.0. The molecule has 0 aliphatic heterocycles. The van der Waals surface area contributed by atoms with E-state index in [1.807, 2.05) is 25.7 Å². The van der Waals surface area contributed by atoms with Crippen LogP contribution in [-0.4, -0.2) is 42.2 Å². The topological polar surface area (TPSA) is 91.5 Å². The zero-order valence-electron chi connectivity index (χ0n) is 11.6. The number of amides is 1. The Labute approximate surface area is 117 Å². The number of nitrogens with one attached hydrogen (secondary N) is 1. The minimum atomic E-state index is -0.228. The zero-order chi connectivity index (χ0) is 14.4. The number of aromatic nitrogens is 1. The number of hydrogen-bond acceptors (Lipinski definition) is 6. The number of thiazole rings is 1. The highest BCUT2D eigenvalue weighted by Gasteiger charge is 2.18. The summed E-state index contributed by atoms with van der Waals surface area (Å²) in [5, 5.41) is 12.4. The number of hydrogen-bond donors (Lipinski definition) is 3. The van der Waals surface area contributed by atoms with Gasteiger partial charge < -0.3 is 21.1 Å². The van der Waals surface area contributed by atoms with Crippen LogP contribution in [0.5, 0.6) is 0 Å². The predicted octanol–water partition coefficient (Wildman–Crippen LogP) is 0.930. The van der Waals surface area contributed by atoms with E-state index in [2.05, 4.69) is 10.3 Å². The number of rotatable bonds is 7. The Kier molecular flexibility index (Phi) is 6.04. The summed E-state index contributed by atoms with van der Waals surface area (Å²) in [7, 11) is 0. The van der Waals surface area contributed by atoms with E-state index in [0.717, 1.165) is 18.2 Å². The number of nitrogen functional groups attached to an aromatic ring is 1. The van der Waals surface area contributed by atoms with Gasteiger partial charge in [-0.1, -0.05) is 18.3 Å². The second-order valence-electron chi connectivity index (χ2n) is 4.38. The molecule has 0 aliphatic rings. The van der Waals surface area contributed by atoms with E-state index in [4.69, 9.17) is 10.8 Å². The third-order valence-electron chi connectivity index (χ3n) is 2.81. The van der Waals surface area contributed by atoms with Crippen LogP contribution in [0.3, 0.4) is 0 Å². The molecular weight excluding hydrogens is 264 g/mol. The molecule has 1 amide bonds. The Morgan fingerprint density at radius 2 is 2.16 bits per heavy atom. The summed E-state index contributed by atoms with van der Waals surface area (Å²) in [5.74, 6) is 0.0649. The molecule has 0 radical (unpaired) electrons. The van der Waals surface area contributed by atoms with E-state index < -0.39 is 0 Å². The number of nitrogens with two attached hydrogens (primary N) is 1. The molecule has 1 aromatic heterocycles. The summed E-state index contributed by atoms with van der Waals surface area (Å²) in [6, 6.07) is 0. The van der Waals surface area contributed by atoms with Crippen LogP contribution < -0.4 is 16.0 Å². The number of nitrogens with zero attached hydrogens (tertiary/aromatic N) is 2. The molecule has 0 aromatic carbocycles. The van der Waals surface area contributed by atoms with E-state index in [-0.39, 0.29) is 24.2 Å². The standard InChI is InChI=1S/C12H22N4O2S/c1-4-16(5-2)12-15-10(13)9(19-12)11(18)14-6-8(3)7-17/h8,17H,4-7,13H2,1-3H3,(H,14,18). The molecule has 7 heteroatoms. The van der Waals surface area contributed by atoms with E-state index in [1.54, 1.807) is 0 Å². The van der Waals surface area contributed by atoms with Crippen LogP contribution in [0.15, 0.2) is 0 Å². The van der Waals surface area contributed by atoms with Gasteiger partial charge in [0.25, 0.3) is 5.91 Å². The first-order valence-electron chi connectivity index (χ1n) is 6.43. The summed E-state index contributed by atoms with van der Waals surface area (Å²) in [6.07, 6.45) is 0. The van der Waals surface area contributed by atoms with Gasteiger partial charge in [0.1, 0.15) is 10.7 Å². The van der Waals surface area contributed by atoms with E-state index in [1.165, 1.54) is 11.3 Å². The van der Waals surface area contributed by atoms with Crippen LogP contribution >= 0.6 is 11.3 Å². The SMILES string of the molecule is CCN(CC)c1nc(N)c(C(=O)NCC(C)CO)s1. The summed E-state index contributed by atoms with van der Waals surface area (Å²) in [4.78, 5) is 18.7. The fourth-order valence-corrected chi connectivity index (χ4v) is 2.55. The molecule has 0 bridgehead atoms. The largest absolute Gasteiger partial charge is 0.396 e. The Hall–Kier alpha value is -1.34. The van der Waals surface area contributed by atoms with Gasteiger partial charge in [0, 0.05) is 26.2 Å². The van der Waals surface area contributed by atoms with Crippen molar-refractivity contribution in [3.05, 3.63) is 4.88 Å². The normalized spacial score (nSPS) is 12.2. The molecule has 0 spiro atoms. The maximum absolute atomic E-state index is 12.0.